The van der Waals surface area contributed by atoms with Crippen LogP contribution in [0.25, 0.3) is 11.0 Å². The lowest BCUT2D eigenvalue weighted by Crippen LogP contribution is -3.00. The molecule has 0 unspecified atom stereocenters. The molecule has 6 nitrogen and oxygen atoms in total. The normalized spacial score (nSPS) is 12.4. The molecule has 0 radical (unpaired) electrons. The van der Waals surface area contributed by atoms with Crippen LogP contribution in [0.15, 0.2) is 42.5 Å². The molecule has 1 N–H and O–H groups in total. The zero-order chi connectivity index (χ0) is 17.2. The minimum atomic E-state index is 0. The lowest BCUT2D eigenvalue weighted by molar-refractivity contribution is -0.00000677. The van der Waals surface area contributed by atoms with E-state index in [-0.39, 0.29) is 12.4 Å². The molecule has 138 valence electrons. The first kappa shape index (κ1) is 18.4. The second-order valence-electron chi connectivity index (χ2n) is 6.42. The third kappa shape index (κ3) is 3.71. The summed E-state index contributed by atoms with van der Waals surface area (Å²) in [5.74, 6) is 2.50. The quantitative estimate of drug-likeness (QED) is 0.656. The maximum Gasteiger partial charge on any atom is 0.231 e. The van der Waals surface area contributed by atoms with Crippen molar-refractivity contribution in [3.05, 3.63) is 48.0 Å². The van der Waals surface area contributed by atoms with Gasteiger partial charge in [-0.05, 0) is 43.9 Å². The number of hydrogen-bond acceptors (Lipinski definition) is 5. The van der Waals surface area contributed by atoms with Gasteiger partial charge in [-0.15, -0.1) is 0 Å². The zero-order valence-corrected chi connectivity index (χ0v) is 15.7. The molecular formula is C19H22ClN4O2-. The molecule has 2 aromatic carbocycles. The molecule has 26 heavy (non-hydrogen) atoms. The van der Waals surface area contributed by atoms with Crippen LogP contribution in [-0.2, 0) is 13.1 Å². The van der Waals surface area contributed by atoms with Gasteiger partial charge in [0.25, 0.3) is 0 Å². The predicted octanol–water partition coefficient (Wildman–Crippen LogP) is -0.0573. The molecule has 0 aliphatic carbocycles. The van der Waals surface area contributed by atoms with Crippen molar-refractivity contribution in [2.45, 2.75) is 13.1 Å². The molecule has 0 atom stereocenters. The zero-order valence-electron chi connectivity index (χ0n) is 14.9. The fraction of sp³-hybridized carbons (Fsp3) is 0.316. The Bertz CT molecular complexity index is 894. The maximum atomic E-state index is 5.45. The van der Waals surface area contributed by atoms with Crippen molar-refractivity contribution in [1.82, 2.24) is 14.5 Å². The number of aromatic nitrogens is 2. The van der Waals surface area contributed by atoms with Crippen LogP contribution in [0.1, 0.15) is 5.56 Å². The van der Waals surface area contributed by atoms with E-state index in [1.54, 1.807) is 0 Å². The van der Waals surface area contributed by atoms with Crippen LogP contribution in [0.2, 0.25) is 0 Å². The summed E-state index contributed by atoms with van der Waals surface area (Å²) in [6.45, 7) is 2.82. The largest absolute Gasteiger partial charge is 1.00 e. The maximum absolute atomic E-state index is 5.45. The van der Waals surface area contributed by atoms with E-state index in [1.807, 2.05) is 30.3 Å². The fourth-order valence-corrected chi connectivity index (χ4v) is 2.97. The Hall–Kier alpha value is -2.44. The average Bonchev–Trinajstić information content (AvgIpc) is 3.21. The molecule has 7 heteroatoms. The number of likely N-dealkylation sites (N-methyl/N-ethyl adjacent to an activating group) is 1. The van der Waals surface area contributed by atoms with Gasteiger partial charge in [0.1, 0.15) is 0 Å². The summed E-state index contributed by atoms with van der Waals surface area (Å²) >= 11 is 0. The van der Waals surface area contributed by atoms with E-state index in [4.69, 9.17) is 14.5 Å². The first-order valence-electron chi connectivity index (χ1n) is 8.43. The van der Waals surface area contributed by atoms with Crippen LogP contribution < -0.4 is 27.2 Å². The summed E-state index contributed by atoms with van der Waals surface area (Å²) in [7, 11) is 4.16. The van der Waals surface area contributed by atoms with Crippen molar-refractivity contribution < 1.29 is 21.9 Å². The lowest BCUT2D eigenvalue weighted by Gasteiger charge is -2.14. The fourth-order valence-electron chi connectivity index (χ4n) is 2.97. The van der Waals surface area contributed by atoms with E-state index < -0.39 is 0 Å². The molecule has 0 amide bonds. The van der Waals surface area contributed by atoms with Gasteiger partial charge >= 0.3 is 0 Å². The van der Waals surface area contributed by atoms with Crippen molar-refractivity contribution in [3.8, 4) is 11.5 Å². The second kappa shape index (κ2) is 7.85. The Kier molecular flexibility index (Phi) is 5.54. The smallest absolute Gasteiger partial charge is 0.231 e. The monoisotopic (exact) mass is 373 g/mol. The van der Waals surface area contributed by atoms with Crippen LogP contribution in [0.3, 0.4) is 0 Å². The van der Waals surface area contributed by atoms with Crippen LogP contribution in [0, 0.1) is 0 Å². The van der Waals surface area contributed by atoms with E-state index >= 15 is 0 Å². The highest BCUT2D eigenvalue weighted by molar-refractivity contribution is 5.78. The van der Waals surface area contributed by atoms with Crippen LogP contribution in [-0.4, -0.2) is 41.9 Å². The first-order chi connectivity index (χ1) is 12.2. The molecule has 3 aromatic rings. The third-order valence-electron chi connectivity index (χ3n) is 4.31. The number of hydrogen-bond donors (Lipinski definition) is 1. The van der Waals surface area contributed by atoms with E-state index in [0.717, 1.165) is 47.1 Å². The lowest BCUT2D eigenvalue weighted by atomic mass is 10.2. The highest BCUT2D eigenvalue weighted by Crippen LogP contribution is 2.32. The molecule has 0 bridgehead atoms. The summed E-state index contributed by atoms with van der Waals surface area (Å²) in [6.07, 6.45) is 0. The van der Waals surface area contributed by atoms with Crippen molar-refractivity contribution >= 4 is 17.0 Å². The van der Waals surface area contributed by atoms with Gasteiger partial charge < -0.3 is 36.7 Å². The average molecular weight is 374 g/mol. The SMILES string of the molecule is CN(C)CCn1c(NCc2ccc3c(c2)OCO3)nc2ccccc21.[Cl-]. The number of ether oxygens (including phenoxy) is 2. The van der Waals surface area contributed by atoms with E-state index in [9.17, 15) is 0 Å². The van der Waals surface area contributed by atoms with Crippen molar-refractivity contribution in [3.63, 3.8) is 0 Å². The van der Waals surface area contributed by atoms with E-state index in [0.29, 0.717) is 13.3 Å². The van der Waals surface area contributed by atoms with Crippen LogP contribution in [0.5, 0.6) is 11.5 Å². The number of rotatable bonds is 6. The highest BCUT2D eigenvalue weighted by atomic mass is 35.5. The molecule has 0 saturated heterocycles. The number of halogens is 1. The molecule has 0 spiro atoms. The van der Waals surface area contributed by atoms with Gasteiger partial charge in [-0.25, -0.2) is 4.98 Å². The third-order valence-corrected chi connectivity index (χ3v) is 4.31. The summed E-state index contributed by atoms with van der Waals surface area (Å²) in [4.78, 5) is 6.93. The first-order valence-corrected chi connectivity index (χ1v) is 8.43. The van der Waals surface area contributed by atoms with E-state index in [1.165, 1.54) is 0 Å². The van der Waals surface area contributed by atoms with Crippen molar-refractivity contribution in [1.29, 1.82) is 0 Å². The van der Waals surface area contributed by atoms with Crippen LogP contribution >= 0.6 is 0 Å². The Morgan fingerprint density at radius 2 is 1.92 bits per heavy atom. The minimum absolute atomic E-state index is 0. The van der Waals surface area contributed by atoms with Gasteiger partial charge in [-0.3, -0.25) is 0 Å². The summed E-state index contributed by atoms with van der Waals surface area (Å²) in [5.41, 5.74) is 3.29. The highest BCUT2D eigenvalue weighted by Gasteiger charge is 2.14. The van der Waals surface area contributed by atoms with Crippen LogP contribution in [0.4, 0.5) is 5.95 Å². The molecule has 1 aliphatic heterocycles. The number of fused-ring (bicyclic) bond motifs is 2. The number of anilines is 1. The summed E-state index contributed by atoms with van der Waals surface area (Å²) in [6, 6.07) is 14.3. The molecule has 0 saturated carbocycles. The Morgan fingerprint density at radius 1 is 1.12 bits per heavy atom. The van der Waals surface area contributed by atoms with Gasteiger partial charge in [0, 0.05) is 19.6 Å². The summed E-state index contributed by atoms with van der Waals surface area (Å²) in [5, 5.41) is 3.47. The number of nitrogens with one attached hydrogen (secondary N) is 1. The number of nitrogens with zero attached hydrogens (tertiary/aromatic N) is 3. The molecule has 4 rings (SSSR count). The Morgan fingerprint density at radius 3 is 2.77 bits per heavy atom. The predicted molar refractivity (Wildman–Crippen MR) is 98.2 cm³/mol. The number of benzene rings is 2. The topological polar surface area (TPSA) is 51.5 Å². The standard InChI is InChI=1S/C19H22N4O2.ClH/c1-22(2)9-10-23-16-6-4-3-5-15(16)21-19(23)20-12-14-7-8-17-18(11-14)25-13-24-17;/h3-8,11H,9-10,12-13H2,1-2H3,(H,20,21);1H/p-1. The minimum Gasteiger partial charge on any atom is -1.00 e. The van der Waals surface area contributed by atoms with Gasteiger partial charge in [-0.1, -0.05) is 18.2 Å². The van der Waals surface area contributed by atoms with Gasteiger partial charge in [0.05, 0.1) is 11.0 Å². The van der Waals surface area contributed by atoms with E-state index in [2.05, 4.69) is 41.0 Å². The van der Waals surface area contributed by atoms with Gasteiger partial charge in [-0.2, -0.15) is 0 Å². The number of para-hydroxylation sites is 2. The number of imidazole rings is 1. The molecule has 0 fully saturated rings. The molecular weight excluding hydrogens is 352 g/mol. The molecule has 1 aromatic heterocycles. The van der Waals surface area contributed by atoms with Gasteiger partial charge in [0.2, 0.25) is 12.7 Å². The molecule has 1 aliphatic rings. The summed E-state index contributed by atoms with van der Waals surface area (Å²) < 4.78 is 13.1. The second-order valence-corrected chi connectivity index (χ2v) is 6.42. The van der Waals surface area contributed by atoms with Gasteiger partial charge in [0.15, 0.2) is 11.5 Å². The van der Waals surface area contributed by atoms with Crippen molar-refractivity contribution in [2.75, 3.05) is 32.7 Å². The molecule has 2 heterocycles. The van der Waals surface area contributed by atoms with Crippen molar-refractivity contribution in [2.24, 2.45) is 0 Å². The Labute approximate surface area is 159 Å². The Balaban J connectivity index is 0.00000196.